The Labute approximate surface area is 205 Å². The maximum absolute atomic E-state index is 14.1. The van der Waals surface area contributed by atoms with Gasteiger partial charge in [0.05, 0.1) is 22.5 Å². The van der Waals surface area contributed by atoms with E-state index in [1.54, 1.807) is 6.07 Å². The van der Waals surface area contributed by atoms with E-state index in [9.17, 15) is 18.4 Å². The van der Waals surface area contributed by atoms with Gasteiger partial charge >= 0.3 is 0 Å². The number of halogens is 2. The zero-order chi connectivity index (χ0) is 25.1. The molecular formula is C28H22F2N4O2. The number of aromatic amines is 1. The molecule has 5 aromatic rings. The summed E-state index contributed by atoms with van der Waals surface area (Å²) >= 11 is 0. The summed E-state index contributed by atoms with van der Waals surface area (Å²) in [6, 6.07) is 21.7. The van der Waals surface area contributed by atoms with Crippen LogP contribution in [0.2, 0.25) is 0 Å². The highest BCUT2D eigenvalue weighted by Gasteiger charge is 2.16. The summed E-state index contributed by atoms with van der Waals surface area (Å²) in [5, 5.41) is 1.74. The number of carbonyl (C=O) groups is 2. The molecular weight excluding hydrogens is 462 g/mol. The molecule has 8 heteroatoms. The molecule has 36 heavy (non-hydrogen) atoms. The molecule has 0 aliphatic carbocycles. The molecule has 0 unspecified atom stereocenters. The van der Waals surface area contributed by atoms with E-state index < -0.39 is 17.6 Å². The maximum Gasteiger partial charge on any atom is 0.272 e. The fourth-order valence-electron chi connectivity index (χ4n) is 4.23. The van der Waals surface area contributed by atoms with Crippen molar-refractivity contribution in [2.45, 2.75) is 19.3 Å². The predicted molar refractivity (Wildman–Crippen MR) is 134 cm³/mol. The van der Waals surface area contributed by atoms with Gasteiger partial charge in [-0.05, 0) is 60.9 Å². The molecule has 0 radical (unpaired) electrons. The van der Waals surface area contributed by atoms with Crippen LogP contribution in [0, 0.1) is 11.6 Å². The first kappa shape index (κ1) is 23.2. The van der Waals surface area contributed by atoms with Crippen molar-refractivity contribution in [2.75, 3.05) is 0 Å². The van der Waals surface area contributed by atoms with Crippen LogP contribution in [-0.4, -0.2) is 21.8 Å². The second kappa shape index (κ2) is 9.95. The number of hydrazine groups is 1. The molecule has 2 heterocycles. The van der Waals surface area contributed by atoms with Crippen molar-refractivity contribution in [3.63, 3.8) is 0 Å². The lowest BCUT2D eigenvalue weighted by molar-refractivity contribution is -0.121. The Morgan fingerprint density at radius 1 is 0.889 bits per heavy atom. The number of carbonyl (C=O) groups excluding carboxylic acids is 2. The van der Waals surface area contributed by atoms with Crippen molar-refractivity contribution in [3.8, 4) is 11.4 Å². The average molecular weight is 485 g/mol. The molecule has 0 bridgehead atoms. The summed E-state index contributed by atoms with van der Waals surface area (Å²) < 4.78 is 27.8. The molecule has 0 fully saturated rings. The molecule has 0 saturated carbocycles. The van der Waals surface area contributed by atoms with Crippen LogP contribution in [0.4, 0.5) is 8.78 Å². The summed E-state index contributed by atoms with van der Waals surface area (Å²) in [5.41, 5.74) is 8.36. The normalized spacial score (nSPS) is 11.1. The number of H-pyrrole nitrogens is 1. The Morgan fingerprint density at radius 2 is 1.69 bits per heavy atom. The number of hydrogen-bond acceptors (Lipinski definition) is 3. The number of pyridine rings is 1. The first-order valence-electron chi connectivity index (χ1n) is 11.5. The van der Waals surface area contributed by atoms with Crippen LogP contribution in [0.5, 0.6) is 0 Å². The van der Waals surface area contributed by atoms with Crippen molar-refractivity contribution in [1.82, 2.24) is 20.8 Å². The Morgan fingerprint density at radius 3 is 2.56 bits per heavy atom. The average Bonchev–Trinajstić information content (AvgIpc) is 3.25. The lowest BCUT2D eigenvalue weighted by Gasteiger charge is -2.09. The maximum atomic E-state index is 14.1. The number of nitrogens with one attached hydrogen (secondary N) is 3. The van der Waals surface area contributed by atoms with E-state index in [2.05, 4.69) is 15.8 Å². The first-order chi connectivity index (χ1) is 17.5. The van der Waals surface area contributed by atoms with Crippen molar-refractivity contribution in [2.24, 2.45) is 0 Å². The number of rotatable bonds is 6. The second-order valence-electron chi connectivity index (χ2n) is 8.39. The van der Waals surface area contributed by atoms with Gasteiger partial charge in [0, 0.05) is 22.7 Å². The van der Waals surface area contributed by atoms with Gasteiger partial charge in [-0.15, -0.1) is 0 Å². The number of aryl methyl sites for hydroxylation is 1. The van der Waals surface area contributed by atoms with Crippen LogP contribution in [0.25, 0.3) is 33.2 Å². The molecule has 6 nitrogen and oxygen atoms in total. The molecule has 0 atom stereocenters. The van der Waals surface area contributed by atoms with Gasteiger partial charge < -0.3 is 4.98 Å². The Bertz CT molecular complexity index is 1600. The quantitative estimate of drug-likeness (QED) is 0.280. The van der Waals surface area contributed by atoms with E-state index in [-0.39, 0.29) is 17.8 Å². The first-order valence-corrected chi connectivity index (χ1v) is 11.5. The molecule has 0 spiro atoms. The number of nitrogens with zero attached hydrogens (tertiary/aromatic N) is 1. The third-order valence-electron chi connectivity index (χ3n) is 5.99. The number of fused-ring (bicyclic) bond motifs is 2. The zero-order valence-electron chi connectivity index (χ0n) is 19.1. The van der Waals surface area contributed by atoms with Crippen molar-refractivity contribution in [3.05, 3.63) is 102 Å². The summed E-state index contributed by atoms with van der Waals surface area (Å²) in [7, 11) is 0. The fraction of sp³-hybridized carbons (Fsp3) is 0.107. The standard InChI is InChI=1S/C28H22F2N4O2/c29-18-13-15-24-21(16-18)19(27(32-24)25-14-12-17-6-1-4-10-23(17)31-25)8-5-11-26(35)33-34-28(36)20-7-2-3-9-22(20)30/h1-4,6-7,9-10,12-16,32H,5,8,11H2,(H,33,35)(H,34,36). The summed E-state index contributed by atoms with van der Waals surface area (Å²) in [6.45, 7) is 0. The largest absolute Gasteiger partial charge is 0.353 e. The van der Waals surface area contributed by atoms with Gasteiger partial charge in [0.2, 0.25) is 5.91 Å². The number of benzene rings is 3. The van der Waals surface area contributed by atoms with Gasteiger partial charge in [-0.1, -0.05) is 36.4 Å². The molecule has 3 aromatic carbocycles. The van der Waals surface area contributed by atoms with Crippen LogP contribution < -0.4 is 10.9 Å². The number of aromatic nitrogens is 2. The highest BCUT2D eigenvalue weighted by molar-refractivity contribution is 5.95. The van der Waals surface area contributed by atoms with E-state index in [0.717, 1.165) is 38.8 Å². The minimum absolute atomic E-state index is 0.101. The van der Waals surface area contributed by atoms with E-state index >= 15 is 0 Å². The molecule has 180 valence electrons. The van der Waals surface area contributed by atoms with Gasteiger partial charge in [-0.25, -0.2) is 13.8 Å². The van der Waals surface area contributed by atoms with Crippen LogP contribution >= 0.6 is 0 Å². The second-order valence-corrected chi connectivity index (χ2v) is 8.39. The molecule has 2 aromatic heterocycles. The van der Waals surface area contributed by atoms with Gasteiger partial charge in [0.15, 0.2) is 0 Å². The third kappa shape index (κ3) is 4.79. The van der Waals surface area contributed by atoms with Gasteiger partial charge in [0.25, 0.3) is 5.91 Å². The fourth-order valence-corrected chi connectivity index (χ4v) is 4.23. The summed E-state index contributed by atoms with van der Waals surface area (Å²) in [4.78, 5) is 32.5. The molecule has 0 aliphatic rings. The Kier molecular flexibility index (Phi) is 6.40. The minimum Gasteiger partial charge on any atom is -0.353 e. The monoisotopic (exact) mass is 484 g/mol. The Hall–Kier alpha value is -4.59. The number of amides is 2. The lowest BCUT2D eigenvalue weighted by Crippen LogP contribution is -2.41. The van der Waals surface area contributed by atoms with Crippen LogP contribution in [0.1, 0.15) is 28.8 Å². The van der Waals surface area contributed by atoms with Crippen LogP contribution in [0.3, 0.4) is 0 Å². The summed E-state index contributed by atoms with van der Waals surface area (Å²) in [5.74, 6) is -2.19. The third-order valence-corrected chi connectivity index (χ3v) is 5.99. The van der Waals surface area contributed by atoms with E-state index in [0.29, 0.717) is 12.8 Å². The molecule has 0 aliphatic heterocycles. The van der Waals surface area contributed by atoms with Crippen LogP contribution in [-0.2, 0) is 11.2 Å². The SMILES string of the molecule is O=C(CCCc1c(-c2ccc3ccccc3n2)[nH]c2ccc(F)cc12)NNC(=O)c1ccccc1F. The van der Waals surface area contributed by atoms with E-state index in [1.165, 1.54) is 36.4 Å². The van der Waals surface area contributed by atoms with Gasteiger partial charge in [-0.3, -0.25) is 20.4 Å². The lowest BCUT2D eigenvalue weighted by atomic mass is 10.0. The van der Waals surface area contributed by atoms with E-state index in [1.807, 2.05) is 36.4 Å². The topological polar surface area (TPSA) is 86.9 Å². The number of hydrogen-bond donors (Lipinski definition) is 3. The van der Waals surface area contributed by atoms with Gasteiger partial charge in [-0.2, -0.15) is 0 Å². The van der Waals surface area contributed by atoms with Gasteiger partial charge in [0.1, 0.15) is 11.6 Å². The molecule has 3 N–H and O–H groups in total. The molecule has 5 rings (SSSR count). The van der Waals surface area contributed by atoms with E-state index in [4.69, 9.17) is 4.98 Å². The van der Waals surface area contributed by atoms with Crippen molar-refractivity contribution < 1.29 is 18.4 Å². The van der Waals surface area contributed by atoms with Crippen molar-refractivity contribution >= 4 is 33.6 Å². The highest BCUT2D eigenvalue weighted by Crippen LogP contribution is 2.32. The highest BCUT2D eigenvalue weighted by atomic mass is 19.1. The smallest absolute Gasteiger partial charge is 0.272 e. The number of para-hydroxylation sites is 1. The summed E-state index contributed by atoms with van der Waals surface area (Å²) in [6.07, 6.45) is 1.01. The van der Waals surface area contributed by atoms with Crippen LogP contribution in [0.15, 0.2) is 78.9 Å². The molecule has 2 amide bonds. The zero-order valence-corrected chi connectivity index (χ0v) is 19.1. The Balaban J connectivity index is 1.31. The van der Waals surface area contributed by atoms with Crippen molar-refractivity contribution in [1.29, 1.82) is 0 Å². The minimum atomic E-state index is -0.738. The predicted octanol–water partition coefficient (Wildman–Crippen LogP) is 5.45. The molecule has 0 saturated heterocycles.